The predicted octanol–water partition coefficient (Wildman–Crippen LogP) is 4.05. The Labute approximate surface area is 142 Å². The zero-order valence-electron chi connectivity index (χ0n) is 11.8. The monoisotopic (exact) mass is 401 g/mol. The van der Waals surface area contributed by atoms with Crippen LogP contribution in [0.4, 0.5) is 23.2 Å². The minimum Gasteiger partial charge on any atom is -0.326 e. The molecule has 0 atom stereocenters. The molecule has 2 aromatic rings. The number of anilines is 1. The number of carbonyl (C=O) groups is 1. The summed E-state index contributed by atoms with van der Waals surface area (Å²) in [5.41, 5.74) is -1.19. The fourth-order valence-corrected chi connectivity index (χ4v) is 2.17. The van der Waals surface area contributed by atoms with Gasteiger partial charge in [-0.3, -0.25) is 4.79 Å². The van der Waals surface area contributed by atoms with Crippen molar-refractivity contribution in [2.75, 3.05) is 5.32 Å². The van der Waals surface area contributed by atoms with Crippen molar-refractivity contribution in [3.63, 3.8) is 0 Å². The third-order valence-corrected chi connectivity index (χ3v) is 3.68. The predicted molar refractivity (Wildman–Crippen MR) is 80.4 cm³/mol. The smallest absolute Gasteiger partial charge is 0.326 e. The van der Waals surface area contributed by atoms with Crippen molar-refractivity contribution in [2.24, 2.45) is 0 Å². The summed E-state index contributed by atoms with van der Waals surface area (Å²) in [6.07, 6.45) is -5.04. The van der Waals surface area contributed by atoms with Gasteiger partial charge in [0.25, 0.3) is 0 Å². The van der Waals surface area contributed by atoms with Gasteiger partial charge in [0.1, 0.15) is 17.6 Å². The lowest BCUT2D eigenvalue weighted by Crippen LogP contribution is -2.17. The molecule has 1 aromatic heterocycles. The molecule has 0 aliphatic carbocycles. The van der Waals surface area contributed by atoms with E-state index in [-0.39, 0.29) is 21.4 Å². The van der Waals surface area contributed by atoms with Crippen molar-refractivity contribution in [3.05, 3.63) is 57.6 Å². The van der Waals surface area contributed by atoms with Crippen LogP contribution in [0.3, 0.4) is 0 Å². The molecule has 1 amide bonds. The maximum atomic E-state index is 13.6. The number of aromatic nitrogens is 1. The summed E-state index contributed by atoms with van der Waals surface area (Å²) in [5, 5.41) is 11.2. The molecule has 0 unspecified atom stereocenters. The van der Waals surface area contributed by atoms with Gasteiger partial charge in [0.15, 0.2) is 0 Å². The van der Waals surface area contributed by atoms with Crippen LogP contribution in [0.2, 0.25) is 0 Å². The van der Waals surface area contributed by atoms with Gasteiger partial charge in [-0.05, 0) is 40.2 Å². The highest BCUT2D eigenvalue weighted by molar-refractivity contribution is 9.10. The molecule has 2 rings (SSSR count). The molecule has 0 radical (unpaired) electrons. The minimum absolute atomic E-state index is 0.0178. The van der Waals surface area contributed by atoms with Crippen molar-refractivity contribution in [3.8, 4) is 6.07 Å². The third kappa shape index (κ3) is 4.29. The van der Waals surface area contributed by atoms with Crippen LogP contribution in [0.5, 0.6) is 0 Å². The average molecular weight is 402 g/mol. The SMILES string of the molecule is N#Cc1cc(NC(=O)Cc2cccc(C(F)(F)F)n2)cc(F)c1Br. The molecule has 0 saturated carbocycles. The van der Waals surface area contributed by atoms with Crippen LogP contribution in [-0.4, -0.2) is 10.9 Å². The van der Waals surface area contributed by atoms with Crippen molar-refractivity contribution < 1.29 is 22.4 Å². The van der Waals surface area contributed by atoms with E-state index in [0.717, 1.165) is 18.2 Å². The van der Waals surface area contributed by atoms with E-state index in [1.165, 1.54) is 12.1 Å². The van der Waals surface area contributed by atoms with Crippen molar-refractivity contribution in [1.82, 2.24) is 4.98 Å². The number of rotatable bonds is 3. The lowest BCUT2D eigenvalue weighted by Gasteiger charge is -2.09. The van der Waals surface area contributed by atoms with Crippen LogP contribution in [0.25, 0.3) is 0 Å². The van der Waals surface area contributed by atoms with Crippen molar-refractivity contribution >= 4 is 27.5 Å². The van der Waals surface area contributed by atoms with E-state index in [2.05, 4.69) is 26.2 Å². The third-order valence-electron chi connectivity index (χ3n) is 2.87. The molecule has 0 spiro atoms. The first-order chi connectivity index (χ1) is 11.2. The Hall–Kier alpha value is -2.47. The molecule has 124 valence electrons. The van der Waals surface area contributed by atoms with Gasteiger partial charge in [0.05, 0.1) is 22.2 Å². The first kappa shape index (κ1) is 17.9. The van der Waals surface area contributed by atoms with E-state index in [0.29, 0.717) is 0 Å². The number of carbonyl (C=O) groups excluding carboxylic acids is 1. The second-order valence-electron chi connectivity index (χ2n) is 4.67. The second-order valence-corrected chi connectivity index (χ2v) is 5.46. The number of alkyl halides is 3. The fraction of sp³-hybridized carbons (Fsp3) is 0.133. The van der Waals surface area contributed by atoms with Gasteiger partial charge >= 0.3 is 6.18 Å². The number of nitrogens with zero attached hydrogens (tertiary/aromatic N) is 2. The first-order valence-corrected chi connectivity index (χ1v) is 7.22. The minimum atomic E-state index is -4.61. The number of hydrogen-bond acceptors (Lipinski definition) is 3. The van der Waals surface area contributed by atoms with E-state index in [9.17, 15) is 22.4 Å². The van der Waals surface area contributed by atoms with Crippen LogP contribution < -0.4 is 5.32 Å². The number of nitriles is 1. The van der Waals surface area contributed by atoms with Gasteiger partial charge in [-0.1, -0.05) is 6.07 Å². The zero-order valence-corrected chi connectivity index (χ0v) is 13.4. The second kappa shape index (κ2) is 6.97. The normalized spacial score (nSPS) is 11.0. The van der Waals surface area contributed by atoms with Gasteiger partial charge in [-0.25, -0.2) is 9.37 Å². The number of hydrogen-bond donors (Lipinski definition) is 1. The van der Waals surface area contributed by atoms with Crippen LogP contribution >= 0.6 is 15.9 Å². The molecular weight excluding hydrogens is 394 g/mol. The van der Waals surface area contributed by atoms with Gasteiger partial charge in [-0.15, -0.1) is 0 Å². The quantitative estimate of drug-likeness (QED) is 0.788. The summed E-state index contributed by atoms with van der Waals surface area (Å²) in [6, 6.07) is 7.19. The summed E-state index contributed by atoms with van der Waals surface area (Å²) in [6.45, 7) is 0. The van der Waals surface area contributed by atoms with Crippen molar-refractivity contribution in [2.45, 2.75) is 12.6 Å². The maximum absolute atomic E-state index is 13.6. The Morgan fingerprint density at radius 1 is 1.33 bits per heavy atom. The Kier molecular flexibility index (Phi) is 5.19. The molecule has 0 saturated heterocycles. The van der Waals surface area contributed by atoms with Crippen molar-refractivity contribution in [1.29, 1.82) is 5.26 Å². The summed E-state index contributed by atoms with van der Waals surface area (Å²) in [4.78, 5) is 15.3. The number of nitrogens with one attached hydrogen (secondary N) is 1. The number of halogens is 5. The average Bonchev–Trinajstić information content (AvgIpc) is 2.50. The largest absolute Gasteiger partial charge is 0.433 e. The van der Waals surface area contributed by atoms with Gasteiger partial charge in [0, 0.05) is 5.69 Å². The highest BCUT2D eigenvalue weighted by Gasteiger charge is 2.32. The van der Waals surface area contributed by atoms with Crippen LogP contribution in [0, 0.1) is 17.1 Å². The Bertz CT molecular complexity index is 830. The highest BCUT2D eigenvalue weighted by atomic mass is 79.9. The molecule has 4 nitrogen and oxygen atoms in total. The lowest BCUT2D eigenvalue weighted by molar-refractivity contribution is -0.141. The van der Waals surface area contributed by atoms with E-state index in [1.807, 2.05) is 0 Å². The van der Waals surface area contributed by atoms with E-state index >= 15 is 0 Å². The molecule has 0 aliphatic heterocycles. The summed E-state index contributed by atoms with van der Waals surface area (Å²) in [7, 11) is 0. The molecule has 0 aliphatic rings. The molecule has 24 heavy (non-hydrogen) atoms. The van der Waals surface area contributed by atoms with Gasteiger partial charge in [0.2, 0.25) is 5.91 Å². The fourth-order valence-electron chi connectivity index (χ4n) is 1.85. The zero-order chi connectivity index (χ0) is 17.9. The molecule has 1 N–H and O–H groups in total. The van der Waals surface area contributed by atoms with Gasteiger partial charge < -0.3 is 5.32 Å². The van der Waals surface area contributed by atoms with E-state index < -0.39 is 30.0 Å². The molecule has 9 heteroatoms. The lowest BCUT2D eigenvalue weighted by atomic mass is 10.2. The van der Waals surface area contributed by atoms with Crippen LogP contribution in [-0.2, 0) is 17.4 Å². The number of benzene rings is 1. The Morgan fingerprint density at radius 3 is 2.67 bits per heavy atom. The number of pyridine rings is 1. The first-order valence-electron chi connectivity index (χ1n) is 6.43. The molecule has 0 fully saturated rings. The summed E-state index contributed by atoms with van der Waals surface area (Å²) in [5.74, 6) is -1.44. The highest BCUT2D eigenvalue weighted by Crippen LogP contribution is 2.27. The van der Waals surface area contributed by atoms with Crippen LogP contribution in [0.15, 0.2) is 34.8 Å². The topological polar surface area (TPSA) is 65.8 Å². The van der Waals surface area contributed by atoms with E-state index in [1.54, 1.807) is 6.07 Å². The Balaban J connectivity index is 2.15. The standard InChI is InChI=1S/C15H8BrF4N3O/c16-14-8(7-21)4-10(5-11(14)17)23-13(24)6-9-2-1-3-12(22-9)15(18,19)20/h1-5H,6H2,(H,23,24). The van der Waals surface area contributed by atoms with Gasteiger partial charge in [-0.2, -0.15) is 18.4 Å². The summed E-state index contributed by atoms with van der Waals surface area (Å²) >= 11 is 2.89. The summed E-state index contributed by atoms with van der Waals surface area (Å²) < 4.78 is 51.3. The van der Waals surface area contributed by atoms with Crippen LogP contribution in [0.1, 0.15) is 17.0 Å². The van der Waals surface area contributed by atoms with E-state index in [4.69, 9.17) is 5.26 Å². The Morgan fingerprint density at radius 2 is 2.04 bits per heavy atom. The molecule has 1 aromatic carbocycles. The molecular formula is C15H8BrF4N3O. The molecule has 0 bridgehead atoms. The molecule has 1 heterocycles. The number of amides is 1. The maximum Gasteiger partial charge on any atom is 0.433 e.